The molecule has 0 fully saturated rings. The Hall–Kier alpha value is -2.22. The molecule has 3 rings (SSSR count). The maximum atomic E-state index is 4.58. The van der Waals surface area contributed by atoms with Crippen molar-refractivity contribution in [3.8, 4) is 11.3 Å². The van der Waals surface area contributed by atoms with Gasteiger partial charge in [0.25, 0.3) is 0 Å². The summed E-state index contributed by atoms with van der Waals surface area (Å²) in [5.74, 6) is 0.977. The van der Waals surface area contributed by atoms with E-state index >= 15 is 0 Å². The average molecular weight is 333 g/mol. The number of aromatic nitrogens is 1. The molecule has 0 bridgehead atoms. The van der Waals surface area contributed by atoms with Crippen LogP contribution in [0, 0.1) is 5.92 Å². The highest BCUT2D eigenvalue weighted by atomic mass is 15.0. The van der Waals surface area contributed by atoms with Crippen LogP contribution in [0.1, 0.15) is 57.6 Å². The second-order valence-electron chi connectivity index (χ2n) is 7.09. The molecule has 0 aliphatic carbocycles. The number of benzene rings is 1. The predicted molar refractivity (Wildman–Crippen MR) is 106 cm³/mol. The first-order chi connectivity index (χ1) is 12.2. The van der Waals surface area contributed by atoms with Crippen molar-refractivity contribution in [2.45, 2.75) is 52.0 Å². The molecule has 0 saturated heterocycles. The lowest BCUT2D eigenvalue weighted by molar-refractivity contribution is -0.717. The normalized spacial score (nSPS) is 20.1. The molecule has 1 aliphatic heterocycles. The van der Waals surface area contributed by atoms with Gasteiger partial charge < -0.3 is 0 Å². The number of aliphatic imine (C=N–C) groups is 1. The highest BCUT2D eigenvalue weighted by Gasteiger charge is 2.40. The third-order valence-corrected chi connectivity index (χ3v) is 5.51. The fraction of sp³-hybridized carbons (Fsp3) is 0.391. The summed E-state index contributed by atoms with van der Waals surface area (Å²) >= 11 is 0. The molecule has 2 heterocycles. The molecule has 1 aromatic carbocycles. The number of fused-ring (bicyclic) bond motifs is 3. The Labute approximate surface area is 151 Å². The molecule has 25 heavy (non-hydrogen) atoms. The van der Waals surface area contributed by atoms with Crippen molar-refractivity contribution in [2.75, 3.05) is 0 Å². The Morgan fingerprint density at radius 1 is 1.24 bits per heavy atom. The van der Waals surface area contributed by atoms with E-state index < -0.39 is 0 Å². The molecule has 2 aromatic rings. The minimum atomic E-state index is 0.233. The molecule has 3 unspecified atom stereocenters. The number of nitrogens with zero attached hydrogens (tertiary/aromatic N) is 2. The number of hydrogen-bond donors (Lipinski definition) is 0. The van der Waals surface area contributed by atoms with Crippen molar-refractivity contribution in [2.24, 2.45) is 10.9 Å². The van der Waals surface area contributed by atoms with E-state index in [2.05, 4.69) is 78.6 Å². The zero-order valence-electron chi connectivity index (χ0n) is 15.7. The van der Waals surface area contributed by atoms with Gasteiger partial charge >= 0.3 is 0 Å². The summed E-state index contributed by atoms with van der Waals surface area (Å²) in [5.41, 5.74) is 4.93. The fourth-order valence-corrected chi connectivity index (χ4v) is 3.96. The van der Waals surface area contributed by atoms with Gasteiger partial charge in [0.2, 0.25) is 5.69 Å². The summed E-state index contributed by atoms with van der Waals surface area (Å²) in [7, 11) is 0. The number of hydrogen-bond acceptors (Lipinski definition) is 1. The zero-order valence-corrected chi connectivity index (χ0v) is 15.7. The third kappa shape index (κ3) is 3.44. The van der Waals surface area contributed by atoms with Gasteiger partial charge in [0.15, 0.2) is 12.2 Å². The lowest BCUT2D eigenvalue weighted by atomic mass is 9.79. The molecule has 0 spiro atoms. The van der Waals surface area contributed by atoms with Gasteiger partial charge in [0.1, 0.15) is 0 Å². The van der Waals surface area contributed by atoms with Crippen LogP contribution in [0.5, 0.6) is 0 Å². The smallest absolute Gasteiger partial charge is 0.213 e. The highest BCUT2D eigenvalue weighted by molar-refractivity contribution is 5.65. The van der Waals surface area contributed by atoms with Crippen molar-refractivity contribution in [3.05, 3.63) is 66.5 Å². The van der Waals surface area contributed by atoms with Crippen LogP contribution >= 0.6 is 0 Å². The first-order valence-corrected chi connectivity index (χ1v) is 9.44. The molecule has 2 heteroatoms. The first-order valence-electron chi connectivity index (χ1n) is 9.44. The van der Waals surface area contributed by atoms with Crippen LogP contribution in [0.15, 0.2) is 65.9 Å². The van der Waals surface area contributed by atoms with Crippen molar-refractivity contribution < 1.29 is 4.57 Å². The third-order valence-electron chi connectivity index (χ3n) is 5.51. The molecule has 1 aromatic heterocycles. The molecule has 130 valence electrons. The van der Waals surface area contributed by atoms with Crippen LogP contribution in [-0.4, -0.2) is 6.21 Å². The van der Waals surface area contributed by atoms with Crippen LogP contribution in [0.4, 0.5) is 0 Å². The predicted octanol–water partition coefficient (Wildman–Crippen LogP) is 5.71. The maximum absolute atomic E-state index is 4.58. The second-order valence-corrected chi connectivity index (χ2v) is 7.09. The number of pyridine rings is 1. The molecule has 0 radical (unpaired) electrons. The van der Waals surface area contributed by atoms with Gasteiger partial charge in [0.05, 0.1) is 11.5 Å². The van der Waals surface area contributed by atoms with Gasteiger partial charge in [-0.25, -0.2) is 0 Å². The van der Waals surface area contributed by atoms with Gasteiger partial charge in [-0.15, -0.1) is 0 Å². The van der Waals surface area contributed by atoms with Gasteiger partial charge in [-0.3, -0.25) is 4.99 Å². The van der Waals surface area contributed by atoms with Crippen molar-refractivity contribution >= 4 is 6.21 Å². The summed E-state index contributed by atoms with van der Waals surface area (Å²) in [4.78, 5) is 4.58. The molecule has 0 amide bonds. The maximum Gasteiger partial charge on any atom is 0.213 e. The average Bonchev–Trinajstić information content (AvgIpc) is 2.65. The highest BCUT2D eigenvalue weighted by Crippen LogP contribution is 2.43. The van der Waals surface area contributed by atoms with Crippen LogP contribution in [-0.2, 0) is 0 Å². The molecule has 1 aliphatic rings. The van der Waals surface area contributed by atoms with E-state index in [0.717, 1.165) is 18.0 Å². The lowest BCUT2D eigenvalue weighted by Gasteiger charge is -2.31. The summed E-state index contributed by atoms with van der Waals surface area (Å²) < 4.78 is 2.45. The Bertz CT molecular complexity index is 775. The van der Waals surface area contributed by atoms with Crippen LogP contribution in [0.25, 0.3) is 11.3 Å². The molecular formula is C23H29N2+. The Kier molecular flexibility index (Phi) is 5.47. The first kappa shape index (κ1) is 17.6. The van der Waals surface area contributed by atoms with E-state index in [1.807, 2.05) is 13.1 Å². The number of allylic oxidation sites excluding steroid dienone is 1. The Balaban J connectivity index is 2.10. The summed E-state index contributed by atoms with van der Waals surface area (Å²) in [6, 6.07) is 15.6. The van der Waals surface area contributed by atoms with E-state index in [0.29, 0.717) is 6.04 Å². The van der Waals surface area contributed by atoms with Gasteiger partial charge in [-0.05, 0) is 37.0 Å². The van der Waals surface area contributed by atoms with E-state index in [-0.39, 0.29) is 5.92 Å². The van der Waals surface area contributed by atoms with Crippen molar-refractivity contribution in [1.82, 2.24) is 0 Å². The van der Waals surface area contributed by atoms with Crippen molar-refractivity contribution in [3.63, 3.8) is 0 Å². The fourth-order valence-electron chi connectivity index (χ4n) is 3.96. The van der Waals surface area contributed by atoms with Gasteiger partial charge in [0, 0.05) is 30.5 Å². The van der Waals surface area contributed by atoms with Crippen LogP contribution in [0.3, 0.4) is 0 Å². The Morgan fingerprint density at radius 2 is 2.00 bits per heavy atom. The minimum Gasteiger partial charge on any atom is -0.266 e. The summed E-state index contributed by atoms with van der Waals surface area (Å²) in [5, 5.41) is 0. The van der Waals surface area contributed by atoms with E-state index in [4.69, 9.17) is 0 Å². The molecule has 3 atom stereocenters. The van der Waals surface area contributed by atoms with Gasteiger partial charge in [-0.2, -0.15) is 4.57 Å². The topological polar surface area (TPSA) is 16.2 Å². The summed E-state index contributed by atoms with van der Waals surface area (Å²) in [6.07, 6.45) is 7.69. The van der Waals surface area contributed by atoms with E-state index in [1.54, 1.807) is 0 Å². The van der Waals surface area contributed by atoms with E-state index in [9.17, 15) is 0 Å². The SMILES string of the molecule is C=C(/N=C/C)C1c2ccccc2-c2cccc[n+]2C1CCC(C)CC. The van der Waals surface area contributed by atoms with Crippen LogP contribution < -0.4 is 4.57 Å². The standard InChI is InChI=1S/C23H29N2/c1-5-17(3)14-15-22-23(18(4)24-6-2)20-12-8-7-11-19(20)21-13-9-10-16-25(21)22/h6-13,16-17,22-23H,4-5,14-15H2,1-3H3/q+1/b24-6+. The monoisotopic (exact) mass is 333 g/mol. The second kappa shape index (κ2) is 7.77. The lowest BCUT2D eigenvalue weighted by Crippen LogP contribution is -2.47. The molecular weight excluding hydrogens is 304 g/mol. The van der Waals surface area contributed by atoms with Crippen LogP contribution in [0.2, 0.25) is 0 Å². The largest absolute Gasteiger partial charge is 0.266 e. The zero-order chi connectivity index (χ0) is 17.8. The Morgan fingerprint density at radius 3 is 2.76 bits per heavy atom. The number of rotatable bonds is 6. The van der Waals surface area contributed by atoms with E-state index in [1.165, 1.54) is 29.7 Å². The quantitative estimate of drug-likeness (QED) is 0.475. The van der Waals surface area contributed by atoms with Gasteiger partial charge in [-0.1, -0.05) is 45.0 Å². The summed E-state index contributed by atoms with van der Waals surface area (Å²) in [6.45, 7) is 10.9. The molecule has 2 nitrogen and oxygen atoms in total. The molecule has 0 saturated carbocycles. The van der Waals surface area contributed by atoms with Crippen molar-refractivity contribution in [1.29, 1.82) is 0 Å². The molecule has 0 N–H and O–H groups in total. The minimum absolute atomic E-state index is 0.233.